The number of nitrogens with one attached hydrogen (secondary N) is 2. The summed E-state index contributed by atoms with van der Waals surface area (Å²) in [5, 5.41) is 6.95. The van der Waals surface area contributed by atoms with Crippen molar-refractivity contribution in [3.8, 4) is 5.75 Å². The molecule has 0 saturated carbocycles. The van der Waals surface area contributed by atoms with Gasteiger partial charge in [-0.05, 0) is 57.5 Å². The molecule has 32 heavy (non-hydrogen) atoms. The summed E-state index contributed by atoms with van der Waals surface area (Å²) in [5.41, 5.74) is 2.35. The molecule has 0 radical (unpaired) electrons. The number of likely N-dealkylation sites (tertiary alicyclic amines) is 1. The normalized spacial score (nSPS) is 15.4. The molecule has 1 atom stereocenters. The van der Waals surface area contributed by atoms with Crippen LogP contribution in [-0.2, 0) is 6.54 Å². The molecule has 1 aliphatic heterocycles. The fourth-order valence-corrected chi connectivity index (χ4v) is 4.29. The van der Waals surface area contributed by atoms with Crippen molar-refractivity contribution in [2.24, 2.45) is 4.99 Å². The molecule has 2 heterocycles. The van der Waals surface area contributed by atoms with Crippen molar-refractivity contribution in [3.05, 3.63) is 53.7 Å². The molecule has 1 aromatic carbocycles. The van der Waals surface area contributed by atoms with Gasteiger partial charge in [-0.2, -0.15) is 0 Å². The minimum absolute atomic E-state index is 0.238. The lowest BCUT2D eigenvalue weighted by atomic mass is 10.0. The van der Waals surface area contributed by atoms with E-state index in [-0.39, 0.29) is 6.04 Å². The Bertz CT molecular complexity index is 844. The number of methoxy groups -OCH3 is 1. The first kappa shape index (κ1) is 23.9. The fraction of sp³-hybridized carbons (Fsp3) is 0.520. The summed E-state index contributed by atoms with van der Waals surface area (Å²) in [6.45, 7) is 9.88. The summed E-state index contributed by atoms with van der Waals surface area (Å²) in [7, 11) is 3.55. The second-order valence-electron chi connectivity index (χ2n) is 8.00. The maximum absolute atomic E-state index is 5.66. The van der Waals surface area contributed by atoms with Gasteiger partial charge in [0.1, 0.15) is 11.6 Å². The number of para-hydroxylation sites is 1. The maximum atomic E-state index is 5.66. The van der Waals surface area contributed by atoms with Crippen LogP contribution >= 0.6 is 0 Å². The van der Waals surface area contributed by atoms with Gasteiger partial charge in [-0.3, -0.25) is 9.89 Å². The molecule has 1 fully saturated rings. The van der Waals surface area contributed by atoms with Gasteiger partial charge in [0, 0.05) is 45.0 Å². The average molecular weight is 439 g/mol. The predicted octanol–water partition coefficient (Wildman–Crippen LogP) is 3.44. The van der Waals surface area contributed by atoms with E-state index in [0.29, 0.717) is 6.54 Å². The first-order valence-electron chi connectivity index (χ1n) is 11.7. The van der Waals surface area contributed by atoms with E-state index in [1.54, 1.807) is 7.11 Å². The minimum atomic E-state index is 0.238. The lowest BCUT2D eigenvalue weighted by Crippen LogP contribution is -2.42. The molecule has 174 valence electrons. The van der Waals surface area contributed by atoms with Crippen LogP contribution < -0.4 is 20.3 Å². The molecular formula is C25H38N6O. The summed E-state index contributed by atoms with van der Waals surface area (Å²) in [5.74, 6) is 2.75. The summed E-state index contributed by atoms with van der Waals surface area (Å²) < 4.78 is 5.66. The van der Waals surface area contributed by atoms with Gasteiger partial charge in [0.05, 0.1) is 13.2 Å². The zero-order valence-corrected chi connectivity index (χ0v) is 20.0. The Labute approximate surface area is 192 Å². The standard InChI is InChI=1S/C25H38N6O/c1-5-30(6-2)24-14-13-20(17-27-24)18-28-25(26-3)29-19-22(31-15-9-10-16-31)21-11-7-8-12-23(21)32-4/h7-8,11-14,17,22H,5-6,9-10,15-16,18-19H2,1-4H3,(H2,26,28,29). The number of hydrogen-bond donors (Lipinski definition) is 2. The van der Waals surface area contributed by atoms with Crippen molar-refractivity contribution in [3.63, 3.8) is 0 Å². The Morgan fingerprint density at radius 1 is 1.12 bits per heavy atom. The van der Waals surface area contributed by atoms with Crippen molar-refractivity contribution >= 4 is 11.8 Å². The highest BCUT2D eigenvalue weighted by molar-refractivity contribution is 5.79. The number of aliphatic imine (C=N–C) groups is 1. The highest BCUT2D eigenvalue weighted by Gasteiger charge is 2.26. The molecule has 2 aromatic rings. The van der Waals surface area contributed by atoms with E-state index >= 15 is 0 Å². The Hall–Kier alpha value is -2.80. The van der Waals surface area contributed by atoms with Crippen LogP contribution in [0.15, 0.2) is 47.6 Å². The van der Waals surface area contributed by atoms with Crippen LogP contribution in [0.1, 0.15) is 43.9 Å². The molecule has 0 amide bonds. The zero-order valence-electron chi connectivity index (χ0n) is 20.0. The van der Waals surface area contributed by atoms with E-state index in [4.69, 9.17) is 4.74 Å². The number of rotatable bonds is 10. The first-order valence-corrected chi connectivity index (χ1v) is 11.7. The number of pyridine rings is 1. The summed E-state index contributed by atoms with van der Waals surface area (Å²) in [6.07, 6.45) is 4.43. The second kappa shape index (κ2) is 12.3. The van der Waals surface area contributed by atoms with Crippen LogP contribution in [0, 0.1) is 0 Å². The zero-order chi connectivity index (χ0) is 22.8. The minimum Gasteiger partial charge on any atom is -0.496 e. The molecule has 7 heteroatoms. The number of ether oxygens (including phenoxy) is 1. The molecule has 1 aromatic heterocycles. The van der Waals surface area contributed by atoms with Gasteiger partial charge in [-0.25, -0.2) is 4.98 Å². The SMILES string of the molecule is CCN(CC)c1ccc(CNC(=NC)NCC(c2ccccc2OC)N2CCCC2)cn1. The Morgan fingerprint density at radius 2 is 1.88 bits per heavy atom. The monoisotopic (exact) mass is 438 g/mol. The third-order valence-electron chi connectivity index (χ3n) is 6.12. The Balaban J connectivity index is 1.61. The number of anilines is 1. The van der Waals surface area contributed by atoms with Crippen LogP contribution in [-0.4, -0.2) is 62.7 Å². The topological polar surface area (TPSA) is 65.0 Å². The van der Waals surface area contributed by atoms with E-state index in [1.807, 2.05) is 25.4 Å². The van der Waals surface area contributed by atoms with E-state index < -0.39 is 0 Å². The van der Waals surface area contributed by atoms with Gasteiger partial charge < -0.3 is 20.3 Å². The van der Waals surface area contributed by atoms with Crippen LogP contribution in [0.25, 0.3) is 0 Å². The van der Waals surface area contributed by atoms with Crippen molar-refractivity contribution in [1.29, 1.82) is 0 Å². The van der Waals surface area contributed by atoms with E-state index in [1.165, 1.54) is 18.4 Å². The summed E-state index contributed by atoms with van der Waals surface area (Å²) in [6, 6.07) is 12.8. The van der Waals surface area contributed by atoms with Crippen molar-refractivity contribution in [1.82, 2.24) is 20.5 Å². The molecule has 1 aliphatic rings. The van der Waals surface area contributed by atoms with Gasteiger partial charge in [0.15, 0.2) is 5.96 Å². The summed E-state index contributed by atoms with van der Waals surface area (Å²) >= 11 is 0. The largest absolute Gasteiger partial charge is 0.496 e. The Kier molecular flexibility index (Phi) is 9.16. The smallest absolute Gasteiger partial charge is 0.191 e. The highest BCUT2D eigenvalue weighted by Crippen LogP contribution is 2.31. The molecule has 1 unspecified atom stereocenters. The first-order chi connectivity index (χ1) is 15.7. The van der Waals surface area contributed by atoms with E-state index in [2.05, 4.69) is 68.5 Å². The number of hydrogen-bond acceptors (Lipinski definition) is 5. The van der Waals surface area contributed by atoms with E-state index in [0.717, 1.165) is 55.8 Å². The molecule has 0 bridgehead atoms. The second-order valence-corrected chi connectivity index (χ2v) is 8.00. The van der Waals surface area contributed by atoms with Gasteiger partial charge in [0.25, 0.3) is 0 Å². The van der Waals surface area contributed by atoms with Crippen molar-refractivity contribution < 1.29 is 4.74 Å². The van der Waals surface area contributed by atoms with Crippen LogP contribution in [0.4, 0.5) is 5.82 Å². The van der Waals surface area contributed by atoms with Gasteiger partial charge in [0.2, 0.25) is 0 Å². The molecule has 0 aliphatic carbocycles. The Morgan fingerprint density at radius 3 is 2.50 bits per heavy atom. The molecule has 1 saturated heterocycles. The fourth-order valence-electron chi connectivity index (χ4n) is 4.29. The third-order valence-corrected chi connectivity index (χ3v) is 6.12. The average Bonchev–Trinajstić information content (AvgIpc) is 3.37. The van der Waals surface area contributed by atoms with Gasteiger partial charge >= 0.3 is 0 Å². The number of nitrogens with zero attached hydrogens (tertiary/aromatic N) is 4. The van der Waals surface area contributed by atoms with Gasteiger partial charge in [-0.15, -0.1) is 0 Å². The molecule has 0 spiro atoms. The number of aromatic nitrogens is 1. The van der Waals surface area contributed by atoms with Crippen molar-refractivity contribution in [2.75, 3.05) is 51.8 Å². The van der Waals surface area contributed by atoms with Crippen LogP contribution in [0.3, 0.4) is 0 Å². The molecule has 7 nitrogen and oxygen atoms in total. The third kappa shape index (κ3) is 6.13. The lowest BCUT2D eigenvalue weighted by molar-refractivity contribution is 0.239. The number of benzene rings is 1. The maximum Gasteiger partial charge on any atom is 0.191 e. The lowest BCUT2D eigenvalue weighted by Gasteiger charge is -2.30. The summed E-state index contributed by atoms with van der Waals surface area (Å²) in [4.78, 5) is 13.8. The van der Waals surface area contributed by atoms with E-state index in [9.17, 15) is 0 Å². The quantitative estimate of drug-likeness (QED) is 0.438. The van der Waals surface area contributed by atoms with Crippen LogP contribution in [0.2, 0.25) is 0 Å². The molecule has 3 rings (SSSR count). The predicted molar refractivity (Wildman–Crippen MR) is 133 cm³/mol. The van der Waals surface area contributed by atoms with Crippen LogP contribution in [0.5, 0.6) is 5.75 Å². The van der Waals surface area contributed by atoms with Crippen molar-refractivity contribution in [2.45, 2.75) is 39.3 Å². The van der Waals surface area contributed by atoms with Gasteiger partial charge in [-0.1, -0.05) is 24.3 Å². The molecule has 2 N–H and O–H groups in total. The highest BCUT2D eigenvalue weighted by atomic mass is 16.5. The molecular weight excluding hydrogens is 400 g/mol. The number of guanidine groups is 1.